The van der Waals surface area contributed by atoms with Crippen LogP contribution in [0.3, 0.4) is 0 Å². The second-order valence-electron chi connectivity index (χ2n) is 6.48. The molecule has 0 bridgehead atoms. The van der Waals surface area contributed by atoms with E-state index in [1.165, 1.54) is 12.1 Å². The van der Waals surface area contributed by atoms with Crippen molar-refractivity contribution >= 4 is 17.5 Å². The summed E-state index contributed by atoms with van der Waals surface area (Å²) in [7, 11) is 0. The maximum atomic E-state index is 12.9. The molecule has 1 aromatic carbocycles. The van der Waals surface area contributed by atoms with Crippen LogP contribution in [0.2, 0.25) is 0 Å². The zero-order chi connectivity index (χ0) is 16.9. The first-order chi connectivity index (χ1) is 11.6. The minimum absolute atomic E-state index is 0.0558. The first kappa shape index (κ1) is 16.9. The van der Waals surface area contributed by atoms with Crippen LogP contribution in [0, 0.1) is 17.7 Å². The lowest BCUT2D eigenvalue weighted by Gasteiger charge is -2.34. The Morgan fingerprint density at radius 3 is 2.25 bits per heavy atom. The van der Waals surface area contributed by atoms with Crippen LogP contribution in [0.25, 0.3) is 0 Å². The van der Waals surface area contributed by atoms with Gasteiger partial charge in [0.05, 0.1) is 0 Å². The van der Waals surface area contributed by atoms with Gasteiger partial charge < -0.3 is 15.0 Å². The highest BCUT2D eigenvalue weighted by atomic mass is 19.1. The van der Waals surface area contributed by atoms with Crippen molar-refractivity contribution in [1.82, 2.24) is 4.90 Å². The summed E-state index contributed by atoms with van der Waals surface area (Å²) in [6.07, 6.45) is 2.93. The summed E-state index contributed by atoms with van der Waals surface area (Å²) < 4.78 is 18.2. The summed E-state index contributed by atoms with van der Waals surface area (Å²) in [4.78, 5) is 26.7. The van der Waals surface area contributed by atoms with E-state index in [0.29, 0.717) is 44.8 Å². The minimum atomic E-state index is -0.326. The van der Waals surface area contributed by atoms with Crippen LogP contribution in [0.4, 0.5) is 10.1 Å². The molecule has 2 saturated heterocycles. The summed E-state index contributed by atoms with van der Waals surface area (Å²) in [5, 5.41) is 2.82. The van der Waals surface area contributed by atoms with Gasteiger partial charge in [0.1, 0.15) is 5.82 Å². The first-order valence-electron chi connectivity index (χ1n) is 8.56. The Balaban J connectivity index is 1.48. The number of likely N-dealkylation sites (tertiary alicyclic amines) is 1. The van der Waals surface area contributed by atoms with E-state index in [2.05, 4.69) is 5.32 Å². The summed E-state index contributed by atoms with van der Waals surface area (Å²) in [6, 6.07) is 5.75. The Hall–Kier alpha value is -1.95. The molecule has 0 radical (unpaired) electrons. The van der Waals surface area contributed by atoms with Gasteiger partial charge in [-0.15, -0.1) is 0 Å². The van der Waals surface area contributed by atoms with E-state index < -0.39 is 0 Å². The molecule has 3 rings (SSSR count). The maximum absolute atomic E-state index is 12.9. The highest BCUT2D eigenvalue weighted by Gasteiger charge is 2.31. The third-order valence-corrected chi connectivity index (χ3v) is 4.86. The van der Waals surface area contributed by atoms with Gasteiger partial charge in [0.15, 0.2) is 0 Å². The van der Waals surface area contributed by atoms with Gasteiger partial charge in [-0.3, -0.25) is 9.59 Å². The number of amides is 2. The van der Waals surface area contributed by atoms with Gasteiger partial charge in [0.25, 0.3) is 0 Å². The van der Waals surface area contributed by atoms with Crippen LogP contribution in [0.1, 0.15) is 25.7 Å². The topological polar surface area (TPSA) is 58.6 Å². The molecule has 0 aliphatic carbocycles. The van der Waals surface area contributed by atoms with E-state index in [9.17, 15) is 14.0 Å². The molecule has 1 aromatic rings. The van der Waals surface area contributed by atoms with Crippen molar-refractivity contribution < 1.29 is 18.7 Å². The molecule has 0 atom stereocenters. The molecule has 0 aromatic heterocycles. The largest absolute Gasteiger partial charge is 0.381 e. The average Bonchev–Trinajstić information content (AvgIpc) is 2.64. The van der Waals surface area contributed by atoms with E-state index in [1.54, 1.807) is 12.1 Å². The van der Waals surface area contributed by atoms with Gasteiger partial charge in [-0.25, -0.2) is 4.39 Å². The maximum Gasteiger partial charge on any atom is 0.227 e. The number of nitrogens with zero attached hydrogens (tertiary/aromatic N) is 1. The number of hydrogen-bond donors (Lipinski definition) is 1. The molecule has 24 heavy (non-hydrogen) atoms. The third kappa shape index (κ3) is 4.12. The Kier molecular flexibility index (Phi) is 5.45. The molecule has 2 fully saturated rings. The van der Waals surface area contributed by atoms with Crippen LogP contribution in [0.15, 0.2) is 24.3 Å². The van der Waals surface area contributed by atoms with Crippen molar-refractivity contribution in [2.45, 2.75) is 25.7 Å². The van der Waals surface area contributed by atoms with E-state index in [-0.39, 0.29) is 29.5 Å². The fourth-order valence-corrected chi connectivity index (χ4v) is 3.34. The number of benzene rings is 1. The molecule has 2 aliphatic heterocycles. The van der Waals surface area contributed by atoms with E-state index >= 15 is 0 Å². The van der Waals surface area contributed by atoms with Gasteiger partial charge in [-0.2, -0.15) is 0 Å². The normalized spacial score (nSPS) is 20.0. The Morgan fingerprint density at radius 2 is 1.62 bits per heavy atom. The lowest BCUT2D eigenvalue weighted by Crippen LogP contribution is -2.45. The standard InChI is InChI=1S/C18H23FN2O3/c19-15-1-3-16(4-2-15)20-17(22)13-5-9-21(10-6-13)18(23)14-7-11-24-12-8-14/h1-4,13-14H,5-12H2,(H,20,22). The van der Waals surface area contributed by atoms with Crippen LogP contribution in [-0.2, 0) is 14.3 Å². The van der Waals surface area contributed by atoms with Gasteiger partial charge in [-0.1, -0.05) is 0 Å². The summed E-state index contributed by atoms with van der Waals surface area (Å²) in [5.41, 5.74) is 0.599. The lowest BCUT2D eigenvalue weighted by molar-refractivity contribution is -0.141. The molecule has 0 unspecified atom stereocenters. The molecular weight excluding hydrogens is 311 g/mol. The number of hydrogen-bond acceptors (Lipinski definition) is 3. The van der Waals surface area contributed by atoms with Gasteiger partial charge >= 0.3 is 0 Å². The molecule has 5 nitrogen and oxygen atoms in total. The van der Waals surface area contributed by atoms with E-state index in [4.69, 9.17) is 4.74 Å². The molecule has 2 aliphatic rings. The number of ether oxygens (including phenoxy) is 1. The summed E-state index contributed by atoms with van der Waals surface area (Å²) in [6.45, 7) is 2.56. The number of anilines is 1. The highest BCUT2D eigenvalue weighted by molar-refractivity contribution is 5.92. The van der Waals surface area contributed by atoms with Crippen LogP contribution in [0.5, 0.6) is 0 Å². The van der Waals surface area contributed by atoms with Crippen molar-refractivity contribution in [2.24, 2.45) is 11.8 Å². The van der Waals surface area contributed by atoms with Crippen molar-refractivity contribution in [3.63, 3.8) is 0 Å². The number of piperidine rings is 1. The monoisotopic (exact) mass is 334 g/mol. The Bertz CT molecular complexity index is 576. The summed E-state index contributed by atoms with van der Waals surface area (Å²) in [5.74, 6) is -0.208. The number of halogens is 1. The molecule has 1 N–H and O–H groups in total. The van der Waals surface area contributed by atoms with Crippen molar-refractivity contribution in [3.8, 4) is 0 Å². The molecular formula is C18H23FN2O3. The average molecular weight is 334 g/mol. The molecule has 130 valence electrons. The second-order valence-corrected chi connectivity index (χ2v) is 6.48. The van der Waals surface area contributed by atoms with Crippen molar-refractivity contribution in [2.75, 3.05) is 31.6 Å². The van der Waals surface area contributed by atoms with Gasteiger partial charge in [0.2, 0.25) is 11.8 Å². The number of carbonyl (C=O) groups is 2. The fourth-order valence-electron chi connectivity index (χ4n) is 3.34. The molecule has 0 saturated carbocycles. The molecule has 2 amide bonds. The van der Waals surface area contributed by atoms with Crippen LogP contribution >= 0.6 is 0 Å². The third-order valence-electron chi connectivity index (χ3n) is 4.86. The number of nitrogens with one attached hydrogen (secondary N) is 1. The predicted molar refractivity (Wildman–Crippen MR) is 87.9 cm³/mol. The van der Waals surface area contributed by atoms with Crippen molar-refractivity contribution in [1.29, 1.82) is 0 Å². The fraction of sp³-hybridized carbons (Fsp3) is 0.556. The number of carbonyl (C=O) groups excluding carboxylic acids is 2. The lowest BCUT2D eigenvalue weighted by atomic mass is 9.93. The second kappa shape index (κ2) is 7.75. The predicted octanol–water partition coefficient (Wildman–Crippen LogP) is 2.43. The molecule has 2 heterocycles. The summed E-state index contributed by atoms with van der Waals surface area (Å²) >= 11 is 0. The van der Waals surface area contributed by atoms with Gasteiger partial charge in [-0.05, 0) is 49.9 Å². The van der Waals surface area contributed by atoms with E-state index in [1.807, 2.05) is 4.90 Å². The zero-order valence-electron chi connectivity index (χ0n) is 13.7. The van der Waals surface area contributed by atoms with Gasteiger partial charge in [0, 0.05) is 43.8 Å². The van der Waals surface area contributed by atoms with Crippen molar-refractivity contribution in [3.05, 3.63) is 30.1 Å². The quantitative estimate of drug-likeness (QED) is 0.924. The Labute approximate surface area is 141 Å². The molecule has 6 heteroatoms. The Morgan fingerprint density at radius 1 is 1.00 bits per heavy atom. The highest BCUT2D eigenvalue weighted by Crippen LogP contribution is 2.24. The van der Waals surface area contributed by atoms with Crippen LogP contribution in [-0.4, -0.2) is 43.0 Å². The SMILES string of the molecule is O=C(Nc1ccc(F)cc1)C1CCN(C(=O)C2CCOCC2)CC1. The number of rotatable bonds is 3. The smallest absolute Gasteiger partial charge is 0.227 e. The molecule has 0 spiro atoms. The van der Waals surface area contributed by atoms with Crippen LogP contribution < -0.4 is 5.32 Å². The zero-order valence-corrected chi connectivity index (χ0v) is 13.7. The van der Waals surface area contributed by atoms with E-state index in [0.717, 1.165) is 12.8 Å². The first-order valence-corrected chi connectivity index (χ1v) is 8.56. The minimum Gasteiger partial charge on any atom is -0.381 e.